The van der Waals surface area contributed by atoms with Crippen LogP contribution >= 0.6 is 0 Å². The van der Waals surface area contributed by atoms with Gasteiger partial charge in [0.15, 0.2) is 0 Å². The normalized spacial score (nSPS) is 16.9. The molecular weight excluding hydrogens is 308 g/mol. The first-order valence-corrected chi connectivity index (χ1v) is 8.42. The lowest BCUT2D eigenvalue weighted by Gasteiger charge is -2.25. The van der Waals surface area contributed by atoms with Gasteiger partial charge in [-0.1, -0.05) is 18.2 Å². The van der Waals surface area contributed by atoms with Gasteiger partial charge in [-0.15, -0.1) is 0 Å². The molecule has 6 nitrogen and oxygen atoms in total. The van der Waals surface area contributed by atoms with Crippen molar-refractivity contribution >= 4 is 6.09 Å². The van der Waals surface area contributed by atoms with Crippen molar-refractivity contribution in [3.63, 3.8) is 0 Å². The first-order valence-electron chi connectivity index (χ1n) is 8.42. The van der Waals surface area contributed by atoms with Crippen LogP contribution < -0.4 is 10.6 Å². The molecule has 2 atom stereocenters. The Morgan fingerprint density at radius 2 is 2.12 bits per heavy atom. The Kier molecular flexibility index (Phi) is 6.21. The molecule has 4 N–H and O–H groups in total. The Morgan fingerprint density at radius 1 is 1.38 bits per heavy atom. The molecule has 0 aliphatic carbocycles. The standard InChI is InChI=1S/C18H28N2O4/c1-18(2,3)24-17(23)20-10-8-15(21)16(22)14-6-4-5-12-11-19-9-7-13(12)14/h4-6,15-16,19,21-22H,7-11H2,1-3H3,(H,20,23). The Labute approximate surface area is 143 Å². The molecule has 1 aromatic rings. The third-order valence-corrected chi connectivity index (χ3v) is 3.97. The van der Waals surface area contributed by atoms with Gasteiger partial charge >= 0.3 is 6.09 Å². The molecule has 0 aromatic heterocycles. The number of benzene rings is 1. The Hall–Kier alpha value is -1.63. The minimum Gasteiger partial charge on any atom is -0.444 e. The highest BCUT2D eigenvalue weighted by Crippen LogP contribution is 2.27. The molecule has 24 heavy (non-hydrogen) atoms. The van der Waals surface area contributed by atoms with Crippen molar-refractivity contribution in [1.82, 2.24) is 10.6 Å². The summed E-state index contributed by atoms with van der Waals surface area (Å²) in [5.41, 5.74) is 2.50. The fourth-order valence-corrected chi connectivity index (χ4v) is 2.84. The number of aliphatic hydroxyl groups is 2. The van der Waals surface area contributed by atoms with Crippen LogP contribution in [0.15, 0.2) is 18.2 Å². The van der Waals surface area contributed by atoms with Gasteiger partial charge in [-0.3, -0.25) is 0 Å². The molecule has 2 rings (SSSR count). The SMILES string of the molecule is CC(C)(C)OC(=O)NCCC(O)C(O)c1cccc2c1CCNC2. The van der Waals surface area contributed by atoms with Gasteiger partial charge in [0.2, 0.25) is 0 Å². The highest BCUT2D eigenvalue weighted by Gasteiger charge is 2.24. The largest absolute Gasteiger partial charge is 0.444 e. The van der Waals surface area contributed by atoms with Crippen LogP contribution in [-0.2, 0) is 17.7 Å². The summed E-state index contributed by atoms with van der Waals surface area (Å²) in [4.78, 5) is 11.6. The van der Waals surface area contributed by atoms with Gasteiger partial charge in [-0.05, 0) is 56.8 Å². The van der Waals surface area contributed by atoms with Crippen molar-refractivity contribution in [2.45, 2.75) is 58.0 Å². The average Bonchev–Trinajstić information content (AvgIpc) is 2.51. The van der Waals surface area contributed by atoms with Crippen LogP contribution in [0, 0.1) is 0 Å². The molecule has 0 saturated carbocycles. The fraction of sp³-hybridized carbons (Fsp3) is 0.611. The maximum atomic E-state index is 11.6. The monoisotopic (exact) mass is 336 g/mol. The summed E-state index contributed by atoms with van der Waals surface area (Å²) in [6.45, 7) is 7.26. The number of alkyl carbamates (subject to hydrolysis) is 1. The minimum absolute atomic E-state index is 0.240. The van der Waals surface area contributed by atoms with E-state index in [2.05, 4.69) is 10.6 Å². The number of carbonyl (C=O) groups excluding carboxylic acids is 1. The summed E-state index contributed by atoms with van der Waals surface area (Å²) in [6, 6.07) is 5.80. The first kappa shape index (κ1) is 18.7. The van der Waals surface area contributed by atoms with Crippen molar-refractivity contribution < 1.29 is 19.7 Å². The predicted octanol–water partition coefficient (Wildman–Crippen LogP) is 1.64. The van der Waals surface area contributed by atoms with Crippen molar-refractivity contribution in [2.24, 2.45) is 0 Å². The van der Waals surface area contributed by atoms with Crippen molar-refractivity contribution in [3.05, 3.63) is 34.9 Å². The second-order valence-electron chi connectivity index (χ2n) is 7.14. The molecule has 0 bridgehead atoms. The van der Waals surface area contributed by atoms with Gasteiger partial charge in [0.1, 0.15) is 11.7 Å². The Morgan fingerprint density at radius 3 is 2.83 bits per heavy atom. The van der Waals surface area contributed by atoms with Crippen LogP contribution in [0.3, 0.4) is 0 Å². The van der Waals surface area contributed by atoms with Crippen LogP contribution in [0.4, 0.5) is 4.79 Å². The second-order valence-corrected chi connectivity index (χ2v) is 7.14. The van der Waals surface area contributed by atoms with E-state index in [1.807, 2.05) is 18.2 Å². The molecule has 134 valence electrons. The van der Waals surface area contributed by atoms with Crippen molar-refractivity contribution in [3.8, 4) is 0 Å². The summed E-state index contributed by atoms with van der Waals surface area (Å²) in [5, 5.41) is 26.6. The van der Waals surface area contributed by atoms with Gasteiger partial charge < -0.3 is 25.6 Å². The van der Waals surface area contributed by atoms with Crippen LogP contribution in [0.5, 0.6) is 0 Å². The van der Waals surface area contributed by atoms with Gasteiger partial charge in [-0.25, -0.2) is 4.79 Å². The molecule has 1 aliphatic rings. The van der Waals surface area contributed by atoms with E-state index >= 15 is 0 Å². The molecule has 2 unspecified atom stereocenters. The van der Waals surface area contributed by atoms with Crippen LogP contribution in [0.2, 0.25) is 0 Å². The lowest BCUT2D eigenvalue weighted by molar-refractivity contribution is 0.0117. The van der Waals surface area contributed by atoms with E-state index in [4.69, 9.17) is 4.74 Å². The molecular formula is C18H28N2O4. The number of ether oxygens (including phenoxy) is 1. The zero-order valence-electron chi connectivity index (χ0n) is 14.6. The maximum absolute atomic E-state index is 11.6. The lowest BCUT2D eigenvalue weighted by Crippen LogP contribution is -2.35. The van der Waals surface area contributed by atoms with Gasteiger partial charge in [-0.2, -0.15) is 0 Å². The number of hydrogen-bond donors (Lipinski definition) is 4. The fourth-order valence-electron chi connectivity index (χ4n) is 2.84. The smallest absolute Gasteiger partial charge is 0.407 e. The zero-order chi connectivity index (χ0) is 17.7. The maximum Gasteiger partial charge on any atom is 0.407 e. The molecule has 6 heteroatoms. The summed E-state index contributed by atoms with van der Waals surface area (Å²) in [6.07, 6.45) is -1.33. The molecule has 1 aromatic carbocycles. The summed E-state index contributed by atoms with van der Waals surface area (Å²) in [7, 11) is 0. The van der Waals surface area contributed by atoms with E-state index < -0.39 is 23.9 Å². The number of fused-ring (bicyclic) bond motifs is 1. The number of amides is 1. The Bertz CT molecular complexity index is 569. The van der Waals surface area contributed by atoms with Gasteiger partial charge in [0.05, 0.1) is 6.10 Å². The van der Waals surface area contributed by atoms with Crippen LogP contribution in [0.1, 0.15) is 50.0 Å². The van der Waals surface area contributed by atoms with E-state index in [-0.39, 0.29) is 13.0 Å². The predicted molar refractivity (Wildman–Crippen MR) is 91.7 cm³/mol. The summed E-state index contributed by atoms with van der Waals surface area (Å²) < 4.78 is 5.14. The zero-order valence-corrected chi connectivity index (χ0v) is 14.6. The topological polar surface area (TPSA) is 90.8 Å². The second kappa shape index (κ2) is 7.96. The number of aliphatic hydroxyl groups excluding tert-OH is 2. The van der Waals surface area contributed by atoms with Crippen LogP contribution in [-0.4, -0.2) is 41.1 Å². The summed E-state index contributed by atoms with van der Waals surface area (Å²) >= 11 is 0. The van der Waals surface area contributed by atoms with E-state index in [0.717, 1.165) is 36.2 Å². The first-order chi connectivity index (χ1) is 11.3. The number of nitrogens with one attached hydrogen (secondary N) is 2. The number of rotatable bonds is 5. The van der Waals surface area contributed by atoms with E-state index in [0.29, 0.717) is 0 Å². The molecule has 0 spiro atoms. The molecule has 0 saturated heterocycles. The minimum atomic E-state index is -0.960. The van der Waals surface area contributed by atoms with E-state index in [1.165, 1.54) is 0 Å². The van der Waals surface area contributed by atoms with Gasteiger partial charge in [0.25, 0.3) is 0 Å². The van der Waals surface area contributed by atoms with Crippen molar-refractivity contribution in [1.29, 1.82) is 0 Å². The highest BCUT2D eigenvalue weighted by atomic mass is 16.6. The highest BCUT2D eigenvalue weighted by molar-refractivity contribution is 5.67. The van der Waals surface area contributed by atoms with Gasteiger partial charge in [0, 0.05) is 13.1 Å². The molecule has 1 aliphatic heterocycles. The van der Waals surface area contributed by atoms with Crippen molar-refractivity contribution in [2.75, 3.05) is 13.1 Å². The van der Waals surface area contributed by atoms with E-state index in [1.54, 1.807) is 20.8 Å². The third-order valence-electron chi connectivity index (χ3n) is 3.97. The molecule has 0 fully saturated rings. The number of hydrogen-bond acceptors (Lipinski definition) is 5. The molecule has 1 heterocycles. The lowest BCUT2D eigenvalue weighted by atomic mass is 9.90. The molecule has 1 amide bonds. The molecule has 0 radical (unpaired) electrons. The Balaban J connectivity index is 1.89. The summed E-state index contributed by atoms with van der Waals surface area (Å²) in [5.74, 6) is 0. The third kappa shape index (κ3) is 5.19. The quantitative estimate of drug-likeness (QED) is 0.656. The number of carbonyl (C=O) groups is 1. The van der Waals surface area contributed by atoms with Crippen LogP contribution in [0.25, 0.3) is 0 Å². The average molecular weight is 336 g/mol. The van der Waals surface area contributed by atoms with E-state index in [9.17, 15) is 15.0 Å².